The monoisotopic (exact) mass is 193 g/mol. The summed E-state index contributed by atoms with van der Waals surface area (Å²) in [5.74, 6) is -0.0600. The summed E-state index contributed by atoms with van der Waals surface area (Å²) < 4.78 is 4.93. The number of carbonyl (C=O) groups excluding carboxylic acids is 1. The number of hydrogen-bond donors (Lipinski definition) is 1. The Kier molecular flexibility index (Phi) is 4.13. The van der Waals surface area contributed by atoms with Crippen LogP contribution in [0, 0.1) is 0 Å². The molecule has 0 fully saturated rings. The van der Waals surface area contributed by atoms with E-state index in [-0.39, 0.29) is 11.9 Å². The number of ether oxygens (including phenoxy) is 1. The van der Waals surface area contributed by atoms with Crippen LogP contribution in [0.5, 0.6) is 0 Å². The summed E-state index contributed by atoms with van der Waals surface area (Å²) in [5, 5.41) is 2.83. The molecule has 1 atom stereocenters. The number of amides is 1. The zero-order valence-corrected chi connectivity index (χ0v) is 8.49. The first-order chi connectivity index (χ1) is 6.74. The standard InChI is InChI=1S/C11H15NO2/c1-9(8-14-2)12-11(13)10-6-4-3-5-7-10/h3-7,9H,8H2,1-2H3,(H,12,13)/t9-/m0/s1. The molecule has 1 rings (SSSR count). The second kappa shape index (κ2) is 5.40. The summed E-state index contributed by atoms with van der Waals surface area (Å²) in [6, 6.07) is 9.18. The first-order valence-electron chi connectivity index (χ1n) is 4.59. The molecule has 76 valence electrons. The van der Waals surface area contributed by atoms with Crippen molar-refractivity contribution in [3.63, 3.8) is 0 Å². The largest absolute Gasteiger partial charge is 0.383 e. The van der Waals surface area contributed by atoms with Crippen molar-refractivity contribution in [2.45, 2.75) is 13.0 Å². The highest BCUT2D eigenvalue weighted by Crippen LogP contribution is 1.98. The molecule has 0 aliphatic heterocycles. The Bertz CT molecular complexity index is 285. The maximum absolute atomic E-state index is 11.6. The van der Waals surface area contributed by atoms with E-state index in [4.69, 9.17) is 4.74 Å². The third kappa shape index (κ3) is 3.18. The lowest BCUT2D eigenvalue weighted by Gasteiger charge is -2.12. The van der Waals surface area contributed by atoms with E-state index in [1.165, 1.54) is 0 Å². The molecule has 0 spiro atoms. The van der Waals surface area contributed by atoms with Crippen molar-refractivity contribution >= 4 is 5.91 Å². The zero-order valence-electron chi connectivity index (χ0n) is 8.49. The normalized spacial score (nSPS) is 12.1. The second-order valence-corrected chi connectivity index (χ2v) is 3.20. The van der Waals surface area contributed by atoms with Crippen LogP contribution in [-0.2, 0) is 4.74 Å². The summed E-state index contributed by atoms with van der Waals surface area (Å²) in [5.41, 5.74) is 0.676. The van der Waals surface area contributed by atoms with E-state index >= 15 is 0 Å². The van der Waals surface area contributed by atoms with Gasteiger partial charge in [-0.05, 0) is 19.1 Å². The first kappa shape index (κ1) is 10.7. The molecule has 1 aromatic rings. The lowest BCUT2D eigenvalue weighted by atomic mass is 10.2. The van der Waals surface area contributed by atoms with Gasteiger partial charge in [-0.2, -0.15) is 0 Å². The van der Waals surface area contributed by atoms with Crippen LogP contribution >= 0.6 is 0 Å². The van der Waals surface area contributed by atoms with E-state index in [0.717, 1.165) is 0 Å². The smallest absolute Gasteiger partial charge is 0.251 e. The molecule has 0 saturated carbocycles. The molecule has 0 saturated heterocycles. The molecule has 3 heteroatoms. The quantitative estimate of drug-likeness (QED) is 0.786. The molecule has 0 bridgehead atoms. The summed E-state index contributed by atoms with van der Waals surface area (Å²) in [4.78, 5) is 11.6. The van der Waals surface area contributed by atoms with Gasteiger partial charge < -0.3 is 10.1 Å². The summed E-state index contributed by atoms with van der Waals surface area (Å²) in [6.45, 7) is 2.43. The highest BCUT2D eigenvalue weighted by atomic mass is 16.5. The Balaban J connectivity index is 2.51. The van der Waals surface area contributed by atoms with Crippen LogP contribution < -0.4 is 5.32 Å². The van der Waals surface area contributed by atoms with Crippen molar-refractivity contribution in [2.24, 2.45) is 0 Å². The number of rotatable bonds is 4. The minimum atomic E-state index is -0.0600. The fourth-order valence-electron chi connectivity index (χ4n) is 1.19. The van der Waals surface area contributed by atoms with Gasteiger partial charge in [0.1, 0.15) is 0 Å². The number of methoxy groups -OCH3 is 1. The zero-order chi connectivity index (χ0) is 10.4. The maximum Gasteiger partial charge on any atom is 0.251 e. The summed E-state index contributed by atoms with van der Waals surface area (Å²) >= 11 is 0. The average molecular weight is 193 g/mol. The highest BCUT2D eigenvalue weighted by molar-refractivity contribution is 5.94. The lowest BCUT2D eigenvalue weighted by molar-refractivity contribution is 0.0905. The Morgan fingerprint density at radius 2 is 2.07 bits per heavy atom. The molecule has 1 amide bonds. The maximum atomic E-state index is 11.6. The van der Waals surface area contributed by atoms with Crippen LogP contribution in [0.15, 0.2) is 30.3 Å². The number of carbonyl (C=O) groups is 1. The Hall–Kier alpha value is -1.35. The topological polar surface area (TPSA) is 38.3 Å². The van der Waals surface area contributed by atoms with Crippen molar-refractivity contribution in [2.75, 3.05) is 13.7 Å². The molecule has 0 aliphatic rings. The van der Waals surface area contributed by atoms with Crippen LogP contribution in [0.2, 0.25) is 0 Å². The molecule has 0 unspecified atom stereocenters. The van der Waals surface area contributed by atoms with Gasteiger partial charge in [0.05, 0.1) is 6.61 Å². The number of nitrogens with one attached hydrogen (secondary N) is 1. The van der Waals surface area contributed by atoms with Crippen molar-refractivity contribution < 1.29 is 9.53 Å². The van der Waals surface area contributed by atoms with Gasteiger partial charge >= 0.3 is 0 Å². The minimum absolute atomic E-state index is 0.0349. The molecule has 3 nitrogen and oxygen atoms in total. The molecule has 1 N–H and O–H groups in total. The van der Waals surface area contributed by atoms with Crippen LogP contribution in [0.1, 0.15) is 17.3 Å². The molecule has 0 aliphatic carbocycles. The van der Waals surface area contributed by atoms with Gasteiger partial charge in [0.25, 0.3) is 5.91 Å². The predicted octanol–water partition coefficient (Wildman–Crippen LogP) is 1.45. The van der Waals surface area contributed by atoms with Gasteiger partial charge in [-0.1, -0.05) is 18.2 Å². The van der Waals surface area contributed by atoms with E-state index in [1.807, 2.05) is 25.1 Å². The molecular formula is C11H15NO2. The van der Waals surface area contributed by atoms with E-state index in [0.29, 0.717) is 12.2 Å². The second-order valence-electron chi connectivity index (χ2n) is 3.20. The SMILES string of the molecule is COC[C@H](C)NC(=O)c1ccccc1. The van der Waals surface area contributed by atoms with Gasteiger partial charge in [-0.25, -0.2) is 0 Å². The number of benzene rings is 1. The fraction of sp³-hybridized carbons (Fsp3) is 0.364. The van der Waals surface area contributed by atoms with E-state index in [2.05, 4.69) is 5.32 Å². The average Bonchev–Trinajstić information content (AvgIpc) is 2.19. The van der Waals surface area contributed by atoms with Crippen molar-refractivity contribution in [3.8, 4) is 0 Å². The Morgan fingerprint density at radius 3 is 2.64 bits per heavy atom. The third-order valence-corrected chi connectivity index (χ3v) is 1.83. The number of hydrogen-bond acceptors (Lipinski definition) is 2. The van der Waals surface area contributed by atoms with Crippen LogP contribution in [-0.4, -0.2) is 25.7 Å². The highest BCUT2D eigenvalue weighted by Gasteiger charge is 2.07. The molecule has 14 heavy (non-hydrogen) atoms. The molecule has 0 aromatic heterocycles. The lowest BCUT2D eigenvalue weighted by Crippen LogP contribution is -2.35. The van der Waals surface area contributed by atoms with Gasteiger partial charge in [0.15, 0.2) is 0 Å². The molecule has 0 heterocycles. The van der Waals surface area contributed by atoms with Crippen LogP contribution in [0.4, 0.5) is 0 Å². The predicted molar refractivity (Wildman–Crippen MR) is 55.2 cm³/mol. The van der Waals surface area contributed by atoms with Crippen molar-refractivity contribution in [1.82, 2.24) is 5.32 Å². The van der Waals surface area contributed by atoms with Gasteiger partial charge in [-0.15, -0.1) is 0 Å². The van der Waals surface area contributed by atoms with Crippen molar-refractivity contribution in [1.29, 1.82) is 0 Å². The molecule has 1 aromatic carbocycles. The summed E-state index contributed by atoms with van der Waals surface area (Å²) in [6.07, 6.45) is 0. The van der Waals surface area contributed by atoms with Crippen molar-refractivity contribution in [3.05, 3.63) is 35.9 Å². The first-order valence-corrected chi connectivity index (χ1v) is 4.59. The van der Waals surface area contributed by atoms with Crippen LogP contribution in [0.25, 0.3) is 0 Å². The minimum Gasteiger partial charge on any atom is -0.383 e. The summed E-state index contributed by atoms with van der Waals surface area (Å²) in [7, 11) is 1.62. The molecular weight excluding hydrogens is 178 g/mol. The Morgan fingerprint density at radius 1 is 1.43 bits per heavy atom. The van der Waals surface area contributed by atoms with Gasteiger partial charge in [-0.3, -0.25) is 4.79 Å². The fourth-order valence-corrected chi connectivity index (χ4v) is 1.19. The van der Waals surface area contributed by atoms with Gasteiger partial charge in [0, 0.05) is 18.7 Å². The molecule has 0 radical (unpaired) electrons. The van der Waals surface area contributed by atoms with E-state index < -0.39 is 0 Å². The van der Waals surface area contributed by atoms with E-state index in [1.54, 1.807) is 19.2 Å². The Labute approximate surface area is 84.1 Å². The van der Waals surface area contributed by atoms with Gasteiger partial charge in [0.2, 0.25) is 0 Å². The van der Waals surface area contributed by atoms with E-state index in [9.17, 15) is 4.79 Å². The van der Waals surface area contributed by atoms with Crippen LogP contribution in [0.3, 0.4) is 0 Å². The third-order valence-electron chi connectivity index (χ3n) is 1.83.